The van der Waals surface area contributed by atoms with Gasteiger partial charge in [0.05, 0.1) is 18.1 Å². The van der Waals surface area contributed by atoms with Crippen molar-refractivity contribution in [2.45, 2.75) is 13.1 Å². The summed E-state index contributed by atoms with van der Waals surface area (Å²) in [7, 11) is 3.44. The van der Waals surface area contributed by atoms with Gasteiger partial charge in [-0.1, -0.05) is 30.3 Å². The summed E-state index contributed by atoms with van der Waals surface area (Å²) in [6.07, 6.45) is 1.92. The average molecular weight is 480 g/mol. The molecule has 0 spiro atoms. The molecule has 1 N–H and O–H groups in total. The lowest BCUT2D eigenvalue weighted by Crippen LogP contribution is -2.45. The van der Waals surface area contributed by atoms with Crippen molar-refractivity contribution in [3.63, 3.8) is 0 Å². The molecule has 0 fully saturated rings. The first kappa shape index (κ1) is 25.4. The second kappa shape index (κ2) is 12.3. The molecule has 0 radical (unpaired) electrons. The fourth-order valence-electron chi connectivity index (χ4n) is 3.48. The van der Waals surface area contributed by atoms with E-state index in [1.165, 1.54) is 36.3 Å². The van der Waals surface area contributed by atoms with Gasteiger partial charge in [-0.15, -0.1) is 0 Å². The maximum atomic E-state index is 13.4. The molecule has 3 rings (SSSR count). The second-order valence-corrected chi connectivity index (χ2v) is 7.99. The zero-order valence-corrected chi connectivity index (χ0v) is 19.8. The van der Waals surface area contributed by atoms with Crippen LogP contribution in [0.5, 0.6) is 0 Å². The fraction of sp³-hybridized carbons (Fsp3) is 0.280. The number of rotatable bonds is 11. The molecule has 10 heteroatoms. The molecule has 0 unspecified atom stereocenters. The van der Waals surface area contributed by atoms with Gasteiger partial charge in [-0.2, -0.15) is 0 Å². The van der Waals surface area contributed by atoms with E-state index in [4.69, 9.17) is 4.74 Å². The Morgan fingerprint density at radius 3 is 2.31 bits per heavy atom. The van der Waals surface area contributed by atoms with Crippen molar-refractivity contribution in [1.29, 1.82) is 0 Å². The molecule has 3 aromatic rings. The van der Waals surface area contributed by atoms with Crippen LogP contribution in [0.15, 0.2) is 72.9 Å². The van der Waals surface area contributed by atoms with Crippen molar-refractivity contribution in [1.82, 2.24) is 14.4 Å². The number of carbonyl (C=O) groups excluding carboxylic acids is 2. The van der Waals surface area contributed by atoms with Crippen molar-refractivity contribution < 1.29 is 19.2 Å². The normalized spacial score (nSPS) is 10.6. The van der Waals surface area contributed by atoms with E-state index >= 15 is 0 Å². The molecule has 0 aliphatic rings. The third-order valence-corrected chi connectivity index (χ3v) is 5.48. The number of ether oxygens (including phenoxy) is 1. The van der Waals surface area contributed by atoms with Crippen LogP contribution in [0.4, 0.5) is 16.2 Å². The Morgan fingerprint density at radius 1 is 1.00 bits per heavy atom. The summed E-state index contributed by atoms with van der Waals surface area (Å²) in [5, 5.41) is 13.6. The zero-order chi connectivity index (χ0) is 25.2. The Hall–Kier alpha value is -4.18. The lowest BCUT2D eigenvalue weighted by Gasteiger charge is -2.28. The molecule has 3 amide bonds. The monoisotopic (exact) mass is 479 g/mol. The van der Waals surface area contributed by atoms with Crippen LogP contribution >= 0.6 is 0 Å². The maximum Gasteiger partial charge on any atom is 0.322 e. The van der Waals surface area contributed by atoms with Crippen LogP contribution in [-0.4, -0.2) is 58.0 Å². The number of aromatic nitrogens is 1. The number of nitro groups is 1. The summed E-state index contributed by atoms with van der Waals surface area (Å²) < 4.78 is 7.08. The predicted molar refractivity (Wildman–Crippen MR) is 132 cm³/mol. The maximum absolute atomic E-state index is 13.4. The van der Waals surface area contributed by atoms with Crippen LogP contribution in [0.25, 0.3) is 0 Å². The summed E-state index contributed by atoms with van der Waals surface area (Å²) in [6.45, 7) is 1.08. The molecule has 0 saturated heterocycles. The van der Waals surface area contributed by atoms with Crippen molar-refractivity contribution in [3.05, 3.63) is 94.3 Å². The Bertz CT molecular complexity index is 1130. The number of hydrogen-bond acceptors (Lipinski definition) is 5. The van der Waals surface area contributed by atoms with Crippen molar-refractivity contribution in [2.24, 2.45) is 7.05 Å². The number of nitrogens with zero attached hydrogens (tertiary/aromatic N) is 4. The topological polar surface area (TPSA) is 110 Å². The molecule has 0 bridgehead atoms. The van der Waals surface area contributed by atoms with Crippen molar-refractivity contribution >= 4 is 23.3 Å². The first-order chi connectivity index (χ1) is 16.9. The smallest absolute Gasteiger partial charge is 0.322 e. The van der Waals surface area contributed by atoms with Gasteiger partial charge in [0.1, 0.15) is 6.54 Å². The molecule has 0 atom stereocenters. The lowest BCUT2D eigenvalue weighted by molar-refractivity contribution is -0.384. The standard InChI is InChI=1S/C25H29N5O5/c1-27-14-6-9-23(27)18-29(17-20-7-4-3-5-8-20)24(31)19-28(15-16-35-2)25(32)26-21-10-12-22(13-11-21)30(33)34/h3-14H,15-19H2,1-2H3,(H,26,32). The van der Waals surface area contributed by atoms with Crippen LogP contribution in [0.2, 0.25) is 0 Å². The van der Waals surface area contributed by atoms with Crippen LogP contribution in [0.3, 0.4) is 0 Å². The molecule has 0 saturated carbocycles. The number of nitrogens with one attached hydrogen (secondary N) is 1. The quantitative estimate of drug-likeness (QED) is 0.334. The van der Waals surface area contributed by atoms with Gasteiger partial charge in [0, 0.05) is 57.0 Å². The number of anilines is 1. The van der Waals surface area contributed by atoms with Crippen molar-refractivity contribution in [2.75, 3.05) is 32.1 Å². The van der Waals surface area contributed by atoms with E-state index in [0.29, 0.717) is 18.8 Å². The molecule has 0 aliphatic carbocycles. The Morgan fingerprint density at radius 2 is 1.71 bits per heavy atom. The highest BCUT2D eigenvalue weighted by Gasteiger charge is 2.22. The average Bonchev–Trinajstić information content (AvgIpc) is 3.26. The first-order valence-electron chi connectivity index (χ1n) is 11.1. The molecule has 35 heavy (non-hydrogen) atoms. The molecule has 1 heterocycles. The minimum Gasteiger partial charge on any atom is -0.383 e. The molecular formula is C25H29N5O5. The van der Waals surface area contributed by atoms with Crippen LogP contribution in [-0.2, 0) is 29.7 Å². The summed E-state index contributed by atoms with van der Waals surface area (Å²) in [4.78, 5) is 39.8. The third-order valence-electron chi connectivity index (χ3n) is 5.48. The second-order valence-electron chi connectivity index (χ2n) is 7.99. The van der Waals surface area contributed by atoms with Gasteiger partial charge in [-0.3, -0.25) is 14.9 Å². The van der Waals surface area contributed by atoms with Crippen molar-refractivity contribution in [3.8, 4) is 0 Å². The Kier molecular flexibility index (Phi) is 8.96. The van der Waals surface area contributed by atoms with Gasteiger partial charge < -0.3 is 24.4 Å². The molecule has 10 nitrogen and oxygen atoms in total. The molecular weight excluding hydrogens is 450 g/mol. The SMILES string of the molecule is COCCN(CC(=O)N(Cc1ccccc1)Cc1cccn1C)C(=O)Nc1ccc([N+](=O)[O-])cc1. The predicted octanol–water partition coefficient (Wildman–Crippen LogP) is 3.64. The number of nitro benzene ring substituents is 1. The number of methoxy groups -OCH3 is 1. The van der Waals surface area contributed by atoms with E-state index in [1.54, 1.807) is 4.90 Å². The number of hydrogen-bond donors (Lipinski definition) is 1. The summed E-state index contributed by atoms with van der Waals surface area (Å²) in [5.41, 5.74) is 2.26. The first-order valence-corrected chi connectivity index (χ1v) is 11.1. The van der Waals surface area contributed by atoms with E-state index in [2.05, 4.69) is 5.32 Å². The summed E-state index contributed by atoms with van der Waals surface area (Å²) >= 11 is 0. The van der Waals surface area contributed by atoms with Gasteiger partial charge in [-0.25, -0.2) is 4.79 Å². The molecule has 0 aliphatic heterocycles. The van der Waals surface area contributed by atoms with Gasteiger partial charge >= 0.3 is 6.03 Å². The van der Waals surface area contributed by atoms with Crippen LogP contribution in [0, 0.1) is 10.1 Å². The van der Waals surface area contributed by atoms with Gasteiger partial charge in [-0.05, 0) is 29.8 Å². The lowest BCUT2D eigenvalue weighted by atomic mass is 10.2. The number of carbonyl (C=O) groups is 2. The highest BCUT2D eigenvalue weighted by molar-refractivity contribution is 5.92. The van der Waals surface area contributed by atoms with E-state index < -0.39 is 11.0 Å². The van der Waals surface area contributed by atoms with Gasteiger partial charge in [0.2, 0.25) is 5.91 Å². The van der Waals surface area contributed by atoms with Crippen LogP contribution < -0.4 is 5.32 Å². The Balaban J connectivity index is 1.75. The van der Waals surface area contributed by atoms with E-state index in [0.717, 1.165) is 11.3 Å². The number of non-ortho nitro benzene ring substituents is 1. The van der Waals surface area contributed by atoms with Gasteiger partial charge in [0.25, 0.3) is 5.69 Å². The molecule has 184 valence electrons. The number of urea groups is 1. The van der Waals surface area contributed by atoms with E-state index in [-0.39, 0.29) is 31.3 Å². The minimum atomic E-state index is -0.511. The van der Waals surface area contributed by atoms with E-state index in [9.17, 15) is 19.7 Å². The van der Waals surface area contributed by atoms with Gasteiger partial charge in [0.15, 0.2) is 0 Å². The third kappa shape index (κ3) is 7.41. The highest BCUT2D eigenvalue weighted by Crippen LogP contribution is 2.16. The molecule has 2 aromatic carbocycles. The number of aryl methyl sites for hydroxylation is 1. The fourth-order valence-corrected chi connectivity index (χ4v) is 3.48. The number of amides is 3. The zero-order valence-electron chi connectivity index (χ0n) is 19.8. The molecule has 1 aromatic heterocycles. The van der Waals surface area contributed by atoms with Crippen LogP contribution in [0.1, 0.15) is 11.3 Å². The number of benzene rings is 2. The summed E-state index contributed by atoms with van der Waals surface area (Å²) in [6, 6.07) is 18.6. The summed E-state index contributed by atoms with van der Waals surface area (Å²) in [5.74, 6) is -0.218. The largest absolute Gasteiger partial charge is 0.383 e. The Labute approximate surface area is 203 Å². The minimum absolute atomic E-state index is 0.0772. The van der Waals surface area contributed by atoms with E-state index in [1.807, 2.05) is 60.3 Å². The highest BCUT2D eigenvalue weighted by atomic mass is 16.6.